The summed E-state index contributed by atoms with van der Waals surface area (Å²) in [6, 6.07) is 10.2. The maximum atomic E-state index is 13.1. The van der Waals surface area contributed by atoms with Gasteiger partial charge in [-0.15, -0.1) is 0 Å². The molecule has 0 atom stereocenters. The minimum absolute atomic E-state index is 0.237. The zero-order valence-corrected chi connectivity index (χ0v) is 24.4. The first kappa shape index (κ1) is 32.2. The van der Waals surface area contributed by atoms with Crippen LogP contribution < -0.4 is 15.9 Å². The van der Waals surface area contributed by atoms with Crippen molar-refractivity contribution in [3.05, 3.63) is 64.2 Å². The number of alkyl halides is 3. The van der Waals surface area contributed by atoms with Crippen LogP contribution in [0.2, 0.25) is 0 Å². The molecule has 2 aromatic carbocycles. The molecule has 0 saturated carbocycles. The van der Waals surface area contributed by atoms with Gasteiger partial charge in [-0.3, -0.25) is 4.79 Å². The van der Waals surface area contributed by atoms with Crippen molar-refractivity contribution in [1.82, 2.24) is 14.8 Å². The maximum Gasteiger partial charge on any atom is 0.416 e. The Morgan fingerprint density at radius 1 is 0.951 bits per heavy atom. The first-order chi connectivity index (χ1) is 19.6. The number of hydrogen-bond acceptors (Lipinski definition) is 4. The van der Waals surface area contributed by atoms with Crippen LogP contribution in [0.15, 0.2) is 42.5 Å². The van der Waals surface area contributed by atoms with E-state index in [1.165, 1.54) is 44.2 Å². The van der Waals surface area contributed by atoms with Crippen LogP contribution in [0, 0.1) is 0 Å². The largest absolute Gasteiger partial charge is 0.416 e. The summed E-state index contributed by atoms with van der Waals surface area (Å²) in [5.74, 6) is -0.237. The number of fused-ring (bicyclic) bond motifs is 1. The maximum absolute atomic E-state index is 13.1. The number of rotatable bonds is 16. The van der Waals surface area contributed by atoms with Crippen LogP contribution in [-0.4, -0.2) is 62.4 Å². The van der Waals surface area contributed by atoms with E-state index in [2.05, 4.69) is 18.8 Å². The summed E-state index contributed by atoms with van der Waals surface area (Å²) in [5, 5.41) is 5.04. The van der Waals surface area contributed by atoms with E-state index in [4.69, 9.17) is 9.47 Å². The fourth-order valence-electron chi connectivity index (χ4n) is 4.65. The minimum atomic E-state index is -4.41. The topological polar surface area (TPSA) is 55.7 Å². The fraction of sp³-hybridized carbons (Fsp3) is 0.469. The molecule has 1 amide bonds. The van der Waals surface area contributed by atoms with Crippen molar-refractivity contribution in [2.45, 2.75) is 51.6 Å². The van der Waals surface area contributed by atoms with Crippen molar-refractivity contribution in [1.29, 1.82) is 0 Å². The Bertz CT molecular complexity index is 1370. The molecule has 41 heavy (non-hydrogen) atoms. The van der Waals surface area contributed by atoms with Gasteiger partial charge in [0.1, 0.15) is 0 Å². The molecule has 0 fully saturated rings. The lowest BCUT2D eigenvalue weighted by molar-refractivity contribution is -0.137. The Kier molecular flexibility index (Phi) is 12.3. The standard InChI is InChI=1S/C32H42F3N3O3/c1-5-6-7-8-9-10-18-40-20-21-41-19-17-36-31(39)25-11-16-30-28(22-25)29(23-37(3)4)24(2)38(30)27-14-12-26(13-15-27)32(33,34)35/h11-16,22-23H,2,5-10,17-21H2,1,3-4H3,(H,36,39)/b29-23+. The number of hydrogen-bond donors (Lipinski definition) is 1. The molecule has 1 N–H and O–H groups in total. The first-order valence-electron chi connectivity index (χ1n) is 14.3. The highest BCUT2D eigenvalue weighted by Gasteiger charge is 2.30. The van der Waals surface area contributed by atoms with Crippen molar-refractivity contribution in [3.8, 4) is 5.69 Å². The number of ether oxygens (including phenoxy) is 2. The number of halogens is 3. The van der Waals surface area contributed by atoms with Crippen LogP contribution in [0.4, 0.5) is 13.2 Å². The number of carbonyl (C=O) groups is 1. The van der Waals surface area contributed by atoms with E-state index >= 15 is 0 Å². The van der Waals surface area contributed by atoms with Crippen molar-refractivity contribution in [2.75, 3.05) is 47.1 Å². The monoisotopic (exact) mass is 573 g/mol. The Morgan fingerprint density at radius 3 is 2.27 bits per heavy atom. The number of carbonyl (C=O) groups excluding carboxylic acids is 1. The summed E-state index contributed by atoms with van der Waals surface area (Å²) >= 11 is 0. The van der Waals surface area contributed by atoms with Crippen LogP contribution in [0.5, 0.6) is 0 Å². The Hall–Kier alpha value is -3.30. The van der Waals surface area contributed by atoms with Crippen LogP contribution in [-0.2, 0) is 15.7 Å². The van der Waals surface area contributed by atoms with E-state index in [1.807, 2.05) is 25.2 Å². The number of unbranched alkanes of at least 4 members (excludes halogenated alkanes) is 5. The number of benzene rings is 2. The van der Waals surface area contributed by atoms with E-state index in [0.29, 0.717) is 43.0 Å². The van der Waals surface area contributed by atoms with Crippen LogP contribution in [0.25, 0.3) is 29.4 Å². The molecular formula is C32H42F3N3O3. The number of nitrogens with one attached hydrogen (secondary N) is 1. The molecule has 0 bridgehead atoms. The van der Waals surface area contributed by atoms with Crippen LogP contribution >= 0.6 is 0 Å². The third-order valence-corrected chi connectivity index (χ3v) is 6.76. The summed E-state index contributed by atoms with van der Waals surface area (Å²) in [5.41, 5.74) is 1.05. The second-order valence-electron chi connectivity index (χ2n) is 10.3. The van der Waals surface area contributed by atoms with E-state index in [-0.39, 0.29) is 5.91 Å². The number of nitrogens with zero attached hydrogens (tertiary/aromatic N) is 2. The summed E-state index contributed by atoms with van der Waals surface area (Å²) in [6.45, 7) is 8.91. The van der Waals surface area contributed by atoms with Crippen molar-refractivity contribution in [3.63, 3.8) is 0 Å². The average Bonchev–Trinajstić information content (AvgIpc) is 3.20. The van der Waals surface area contributed by atoms with E-state index < -0.39 is 11.7 Å². The Morgan fingerprint density at radius 2 is 1.61 bits per heavy atom. The SMILES string of the molecule is C=c1/c(=C\N(C)C)c2cc(C(=O)NCCOCCOCCCCCCCC)ccc2n1-c1ccc(C(F)(F)F)cc1. The predicted molar refractivity (Wildman–Crippen MR) is 159 cm³/mol. The van der Waals surface area contributed by atoms with Gasteiger partial charge in [-0.1, -0.05) is 45.6 Å². The third kappa shape index (κ3) is 9.36. The van der Waals surface area contributed by atoms with Gasteiger partial charge in [0.05, 0.1) is 30.9 Å². The normalized spacial score (nSPS) is 12.3. The van der Waals surface area contributed by atoms with Gasteiger partial charge in [0, 0.05) is 60.7 Å². The summed E-state index contributed by atoms with van der Waals surface area (Å²) in [7, 11) is 3.74. The molecule has 1 heterocycles. The molecular weight excluding hydrogens is 531 g/mol. The van der Waals surface area contributed by atoms with Gasteiger partial charge in [-0.2, -0.15) is 13.2 Å². The molecule has 0 aliphatic heterocycles. The molecule has 0 aliphatic carbocycles. The molecule has 0 aliphatic rings. The molecule has 0 spiro atoms. The summed E-state index contributed by atoms with van der Waals surface area (Å²) in [6.07, 6.45) is 4.84. The van der Waals surface area contributed by atoms with Gasteiger partial charge < -0.3 is 24.3 Å². The Labute approximate surface area is 240 Å². The lowest BCUT2D eigenvalue weighted by atomic mass is 10.1. The molecule has 0 saturated heterocycles. The van der Waals surface area contributed by atoms with Crippen molar-refractivity contribution < 1.29 is 27.4 Å². The third-order valence-electron chi connectivity index (χ3n) is 6.76. The van der Waals surface area contributed by atoms with Gasteiger partial charge in [0.25, 0.3) is 5.91 Å². The minimum Gasteiger partial charge on any atom is -0.383 e. The van der Waals surface area contributed by atoms with Gasteiger partial charge in [-0.25, -0.2) is 0 Å². The molecule has 1 aromatic heterocycles. The highest BCUT2D eigenvalue weighted by atomic mass is 19.4. The molecule has 6 nitrogen and oxygen atoms in total. The van der Waals surface area contributed by atoms with Gasteiger partial charge in [0.2, 0.25) is 0 Å². The molecule has 224 valence electrons. The van der Waals surface area contributed by atoms with Crippen molar-refractivity contribution >= 4 is 29.6 Å². The first-order valence-corrected chi connectivity index (χ1v) is 14.3. The zero-order valence-electron chi connectivity index (χ0n) is 24.4. The molecule has 3 aromatic rings. The second-order valence-corrected chi connectivity index (χ2v) is 10.3. The van der Waals surface area contributed by atoms with Crippen LogP contribution in [0.3, 0.4) is 0 Å². The number of amides is 1. The second kappa shape index (κ2) is 15.6. The fourth-order valence-corrected chi connectivity index (χ4v) is 4.65. The highest BCUT2D eigenvalue weighted by Crippen LogP contribution is 2.30. The molecule has 3 rings (SSSR count). The van der Waals surface area contributed by atoms with Gasteiger partial charge in [-0.05, 0) is 48.9 Å². The zero-order chi connectivity index (χ0) is 29.8. The van der Waals surface area contributed by atoms with E-state index in [0.717, 1.165) is 41.3 Å². The van der Waals surface area contributed by atoms with Gasteiger partial charge in [0.15, 0.2) is 0 Å². The van der Waals surface area contributed by atoms with Crippen molar-refractivity contribution in [2.24, 2.45) is 0 Å². The lowest BCUT2D eigenvalue weighted by Gasteiger charge is -2.10. The molecule has 0 radical (unpaired) electrons. The quantitative estimate of drug-likeness (QED) is 0.231. The van der Waals surface area contributed by atoms with Gasteiger partial charge >= 0.3 is 6.18 Å². The predicted octanol–water partition coefficient (Wildman–Crippen LogP) is 5.48. The lowest BCUT2D eigenvalue weighted by Crippen LogP contribution is -2.29. The molecule has 9 heteroatoms. The Balaban J connectivity index is 1.59. The summed E-state index contributed by atoms with van der Waals surface area (Å²) < 4.78 is 52.2. The summed E-state index contributed by atoms with van der Waals surface area (Å²) in [4.78, 5) is 14.7. The highest BCUT2D eigenvalue weighted by molar-refractivity contribution is 5.98. The van der Waals surface area contributed by atoms with E-state index in [1.54, 1.807) is 22.8 Å². The van der Waals surface area contributed by atoms with E-state index in [9.17, 15) is 18.0 Å². The number of aromatic nitrogens is 1. The molecule has 0 unspecified atom stereocenters. The average molecular weight is 574 g/mol. The smallest absolute Gasteiger partial charge is 0.383 e. The van der Waals surface area contributed by atoms with Crippen LogP contribution in [0.1, 0.15) is 61.4 Å².